The topological polar surface area (TPSA) is 34.9 Å². The summed E-state index contributed by atoms with van der Waals surface area (Å²) < 4.78 is 15.0. The van der Waals surface area contributed by atoms with E-state index in [1.54, 1.807) is 31.4 Å². The van der Waals surface area contributed by atoms with E-state index in [9.17, 15) is 9.18 Å². The summed E-state index contributed by atoms with van der Waals surface area (Å²) in [6.45, 7) is 1.85. The van der Waals surface area contributed by atoms with Gasteiger partial charge in [-0.05, 0) is 42.3 Å². The minimum absolute atomic E-state index is 0.196. The third-order valence-corrected chi connectivity index (χ3v) is 3.77. The zero-order valence-electron chi connectivity index (χ0n) is 11.5. The average molecular weight is 303 g/mol. The lowest BCUT2D eigenvalue weighted by molar-refractivity contribution is 0.628. The second-order valence-electron chi connectivity index (χ2n) is 4.95. The van der Waals surface area contributed by atoms with Gasteiger partial charge in [0.1, 0.15) is 11.0 Å². The number of halogens is 2. The first-order valence-electron chi connectivity index (χ1n) is 6.39. The van der Waals surface area contributed by atoms with Gasteiger partial charge in [0.2, 0.25) is 0 Å². The van der Waals surface area contributed by atoms with E-state index in [0.29, 0.717) is 21.8 Å². The van der Waals surface area contributed by atoms with Gasteiger partial charge in [-0.15, -0.1) is 0 Å². The van der Waals surface area contributed by atoms with Crippen molar-refractivity contribution in [3.63, 3.8) is 0 Å². The molecule has 0 saturated carbocycles. The van der Waals surface area contributed by atoms with Gasteiger partial charge in [-0.1, -0.05) is 17.7 Å². The largest absolute Gasteiger partial charge is 0.311 e. The first kappa shape index (κ1) is 13.8. The average Bonchev–Trinajstić information content (AvgIpc) is 2.46. The predicted molar refractivity (Wildman–Crippen MR) is 82.1 cm³/mol. The van der Waals surface area contributed by atoms with Crippen LogP contribution in [0.4, 0.5) is 4.39 Å². The molecule has 3 rings (SSSR count). The van der Waals surface area contributed by atoms with E-state index in [2.05, 4.69) is 4.98 Å². The third kappa shape index (κ3) is 2.32. The molecule has 2 aromatic heterocycles. The molecule has 0 bridgehead atoms. The summed E-state index contributed by atoms with van der Waals surface area (Å²) in [5.41, 5.74) is 2.38. The van der Waals surface area contributed by atoms with Crippen LogP contribution in [-0.4, -0.2) is 9.55 Å². The van der Waals surface area contributed by atoms with Crippen LogP contribution in [0, 0.1) is 12.7 Å². The quantitative estimate of drug-likeness (QED) is 0.642. The first-order chi connectivity index (χ1) is 9.97. The zero-order valence-corrected chi connectivity index (χ0v) is 12.3. The normalized spacial score (nSPS) is 11.0. The molecule has 0 fully saturated rings. The Morgan fingerprint density at radius 2 is 1.95 bits per heavy atom. The Kier molecular flexibility index (Phi) is 3.26. The maximum absolute atomic E-state index is 13.5. The van der Waals surface area contributed by atoms with Gasteiger partial charge in [-0.2, -0.15) is 0 Å². The van der Waals surface area contributed by atoms with Gasteiger partial charge in [0.15, 0.2) is 0 Å². The number of aromatic nitrogens is 2. The van der Waals surface area contributed by atoms with Crippen molar-refractivity contribution in [1.82, 2.24) is 9.55 Å². The van der Waals surface area contributed by atoms with Crippen molar-refractivity contribution >= 4 is 22.5 Å². The Bertz CT molecular complexity index is 918. The number of nitrogens with zero attached hydrogens (tertiary/aromatic N) is 2. The van der Waals surface area contributed by atoms with E-state index in [0.717, 1.165) is 10.9 Å². The molecule has 3 nitrogen and oxygen atoms in total. The van der Waals surface area contributed by atoms with Gasteiger partial charge in [0.05, 0.1) is 5.52 Å². The molecule has 3 aromatic rings. The fourth-order valence-corrected chi connectivity index (χ4v) is 2.57. The Labute approximate surface area is 125 Å². The lowest BCUT2D eigenvalue weighted by Crippen LogP contribution is -2.19. The van der Waals surface area contributed by atoms with Crippen LogP contribution in [0.25, 0.3) is 22.0 Å². The van der Waals surface area contributed by atoms with Gasteiger partial charge >= 0.3 is 0 Å². The van der Waals surface area contributed by atoms with Crippen molar-refractivity contribution < 1.29 is 4.39 Å². The van der Waals surface area contributed by atoms with Crippen molar-refractivity contribution in [3.05, 3.63) is 63.4 Å². The first-order valence-corrected chi connectivity index (χ1v) is 6.77. The van der Waals surface area contributed by atoms with Crippen LogP contribution in [0.3, 0.4) is 0 Å². The minimum atomic E-state index is -0.369. The lowest BCUT2D eigenvalue weighted by Gasteiger charge is -2.11. The minimum Gasteiger partial charge on any atom is -0.311 e. The highest BCUT2D eigenvalue weighted by Gasteiger charge is 2.12. The number of pyridine rings is 2. The van der Waals surface area contributed by atoms with Crippen molar-refractivity contribution in [1.29, 1.82) is 0 Å². The monoisotopic (exact) mass is 302 g/mol. The highest BCUT2D eigenvalue weighted by Crippen LogP contribution is 2.25. The van der Waals surface area contributed by atoms with Crippen LogP contribution in [-0.2, 0) is 7.05 Å². The van der Waals surface area contributed by atoms with Gasteiger partial charge in [-0.25, -0.2) is 9.37 Å². The SMILES string of the molecule is Cc1ccc(F)cc1-c1cc2cnc(Cl)cc2n(C)c1=O. The van der Waals surface area contributed by atoms with Crippen molar-refractivity contribution in [2.75, 3.05) is 0 Å². The molecule has 0 amide bonds. The van der Waals surface area contributed by atoms with E-state index in [4.69, 9.17) is 11.6 Å². The van der Waals surface area contributed by atoms with Gasteiger partial charge in [0.25, 0.3) is 5.56 Å². The molecule has 0 spiro atoms. The van der Waals surface area contributed by atoms with Crippen LogP contribution in [0.15, 0.2) is 41.3 Å². The Morgan fingerprint density at radius 1 is 1.19 bits per heavy atom. The van der Waals surface area contributed by atoms with Crippen LogP contribution < -0.4 is 5.56 Å². The molecule has 0 aliphatic carbocycles. The molecular weight excluding hydrogens is 291 g/mol. The molecule has 0 saturated heterocycles. The number of hydrogen-bond acceptors (Lipinski definition) is 2. The molecule has 106 valence electrons. The maximum Gasteiger partial charge on any atom is 0.258 e. The second-order valence-corrected chi connectivity index (χ2v) is 5.33. The highest BCUT2D eigenvalue weighted by atomic mass is 35.5. The number of benzene rings is 1. The Morgan fingerprint density at radius 3 is 2.71 bits per heavy atom. The lowest BCUT2D eigenvalue weighted by atomic mass is 10.0. The number of fused-ring (bicyclic) bond motifs is 1. The smallest absolute Gasteiger partial charge is 0.258 e. The molecule has 0 unspecified atom stereocenters. The van der Waals surface area contributed by atoms with E-state index in [1.165, 1.54) is 16.7 Å². The van der Waals surface area contributed by atoms with Crippen molar-refractivity contribution in [3.8, 4) is 11.1 Å². The molecule has 0 atom stereocenters. The summed E-state index contributed by atoms with van der Waals surface area (Å²) in [7, 11) is 1.67. The summed E-state index contributed by atoms with van der Waals surface area (Å²) in [6, 6.07) is 7.78. The summed E-state index contributed by atoms with van der Waals surface area (Å²) in [4.78, 5) is 16.6. The summed E-state index contributed by atoms with van der Waals surface area (Å²) in [6.07, 6.45) is 1.61. The van der Waals surface area contributed by atoms with E-state index in [-0.39, 0.29) is 11.4 Å². The Hall–Kier alpha value is -2.20. The van der Waals surface area contributed by atoms with Crippen molar-refractivity contribution in [2.24, 2.45) is 7.05 Å². The number of rotatable bonds is 1. The molecule has 0 aliphatic rings. The second kappa shape index (κ2) is 4.97. The fraction of sp³-hybridized carbons (Fsp3) is 0.125. The van der Waals surface area contributed by atoms with Crippen LogP contribution in [0.1, 0.15) is 5.56 Å². The van der Waals surface area contributed by atoms with Gasteiger partial charge in [-0.3, -0.25) is 4.79 Å². The highest BCUT2D eigenvalue weighted by molar-refractivity contribution is 6.30. The molecule has 5 heteroatoms. The van der Waals surface area contributed by atoms with Crippen LogP contribution >= 0.6 is 11.6 Å². The van der Waals surface area contributed by atoms with Crippen LogP contribution in [0.5, 0.6) is 0 Å². The Balaban J connectivity index is 2.39. The number of hydrogen-bond donors (Lipinski definition) is 0. The zero-order chi connectivity index (χ0) is 15.1. The molecule has 0 aliphatic heterocycles. The third-order valence-electron chi connectivity index (χ3n) is 3.56. The van der Waals surface area contributed by atoms with Gasteiger partial charge in [0, 0.05) is 24.2 Å². The predicted octanol–water partition coefficient (Wildman–Crippen LogP) is 3.70. The summed E-state index contributed by atoms with van der Waals surface area (Å²) in [5.74, 6) is -0.369. The summed E-state index contributed by atoms with van der Waals surface area (Å²) >= 11 is 5.87. The van der Waals surface area contributed by atoms with Gasteiger partial charge < -0.3 is 4.57 Å². The van der Waals surface area contributed by atoms with E-state index < -0.39 is 0 Å². The van der Waals surface area contributed by atoms with E-state index >= 15 is 0 Å². The molecule has 1 aromatic carbocycles. The summed E-state index contributed by atoms with van der Waals surface area (Å²) in [5, 5.41) is 1.10. The maximum atomic E-state index is 13.5. The molecule has 21 heavy (non-hydrogen) atoms. The molecule has 0 radical (unpaired) electrons. The molecular formula is C16H12ClFN2O. The molecule has 0 N–H and O–H groups in total. The molecule has 2 heterocycles. The van der Waals surface area contributed by atoms with Crippen molar-refractivity contribution in [2.45, 2.75) is 6.92 Å². The number of aryl methyl sites for hydroxylation is 2. The standard InChI is InChI=1S/C16H12ClFN2O/c1-9-3-4-11(18)6-12(9)13-5-10-8-19-15(17)7-14(10)20(2)16(13)21/h3-8H,1-2H3. The van der Waals surface area contributed by atoms with Crippen LogP contribution in [0.2, 0.25) is 5.15 Å². The van der Waals surface area contributed by atoms with E-state index in [1.807, 2.05) is 6.92 Å². The fourth-order valence-electron chi connectivity index (χ4n) is 2.42.